The molecule has 0 radical (unpaired) electrons. The van der Waals surface area contributed by atoms with E-state index in [-0.39, 0.29) is 10.6 Å². The van der Waals surface area contributed by atoms with Gasteiger partial charge in [-0.2, -0.15) is 0 Å². The van der Waals surface area contributed by atoms with E-state index >= 15 is 0 Å². The van der Waals surface area contributed by atoms with E-state index in [0.717, 1.165) is 12.8 Å². The first-order valence-electron chi connectivity index (χ1n) is 6.29. The molecule has 1 aromatic heterocycles. The third kappa shape index (κ3) is 3.20. The van der Waals surface area contributed by atoms with E-state index in [4.69, 9.17) is 5.73 Å². The van der Waals surface area contributed by atoms with Crippen LogP contribution in [0.2, 0.25) is 0 Å². The van der Waals surface area contributed by atoms with E-state index in [1.54, 1.807) is 0 Å². The summed E-state index contributed by atoms with van der Waals surface area (Å²) >= 11 is 0. The number of anilines is 1. The molecule has 1 heterocycles. The van der Waals surface area contributed by atoms with Crippen molar-refractivity contribution in [3.05, 3.63) is 18.5 Å². The molecule has 5 nitrogen and oxygen atoms in total. The van der Waals surface area contributed by atoms with Crippen molar-refractivity contribution >= 4 is 15.7 Å². The fourth-order valence-corrected chi connectivity index (χ4v) is 3.50. The molecule has 0 unspecified atom stereocenters. The van der Waals surface area contributed by atoms with Gasteiger partial charge in [0, 0.05) is 18.9 Å². The van der Waals surface area contributed by atoms with Gasteiger partial charge in [0.1, 0.15) is 4.90 Å². The van der Waals surface area contributed by atoms with Gasteiger partial charge in [0.2, 0.25) is 10.0 Å². The number of nitrogens with two attached hydrogens (primary N) is 1. The van der Waals surface area contributed by atoms with Crippen molar-refractivity contribution in [2.24, 2.45) is 5.92 Å². The highest BCUT2D eigenvalue weighted by molar-refractivity contribution is 7.89. The van der Waals surface area contributed by atoms with Crippen LogP contribution >= 0.6 is 0 Å². The highest BCUT2D eigenvalue weighted by atomic mass is 32.2. The van der Waals surface area contributed by atoms with Gasteiger partial charge < -0.3 is 5.73 Å². The highest BCUT2D eigenvalue weighted by Gasteiger charge is 2.20. The largest absolute Gasteiger partial charge is 0.398 e. The predicted molar refractivity (Wildman–Crippen MR) is 70.4 cm³/mol. The second kappa shape index (κ2) is 5.67. The first-order valence-corrected chi connectivity index (χ1v) is 7.77. The summed E-state index contributed by atoms with van der Waals surface area (Å²) in [5.74, 6) is 0.450. The smallest absolute Gasteiger partial charge is 0.244 e. The quantitative estimate of drug-likeness (QED) is 0.868. The zero-order valence-electron chi connectivity index (χ0n) is 10.3. The lowest BCUT2D eigenvalue weighted by Gasteiger charge is -2.21. The molecule has 0 aromatic carbocycles. The molecular weight excluding hydrogens is 250 g/mol. The van der Waals surface area contributed by atoms with Crippen molar-refractivity contribution in [2.45, 2.75) is 37.0 Å². The van der Waals surface area contributed by atoms with Gasteiger partial charge in [0.05, 0.1) is 5.69 Å². The lowest BCUT2D eigenvalue weighted by Crippen LogP contribution is -2.30. The van der Waals surface area contributed by atoms with Gasteiger partial charge in [-0.15, -0.1) is 0 Å². The van der Waals surface area contributed by atoms with E-state index in [0.29, 0.717) is 12.5 Å². The Labute approximate surface area is 108 Å². The van der Waals surface area contributed by atoms with Gasteiger partial charge >= 0.3 is 0 Å². The molecule has 0 atom stereocenters. The van der Waals surface area contributed by atoms with E-state index in [1.165, 1.54) is 37.7 Å². The predicted octanol–water partition coefficient (Wildman–Crippen LogP) is 1.52. The molecule has 0 aliphatic heterocycles. The Hall–Kier alpha value is -1.14. The number of nitrogens with one attached hydrogen (secondary N) is 1. The topological polar surface area (TPSA) is 85.1 Å². The molecular formula is C12H19N3O2S. The van der Waals surface area contributed by atoms with Crippen molar-refractivity contribution in [1.29, 1.82) is 0 Å². The molecule has 100 valence electrons. The summed E-state index contributed by atoms with van der Waals surface area (Å²) < 4.78 is 26.8. The molecule has 18 heavy (non-hydrogen) atoms. The summed E-state index contributed by atoms with van der Waals surface area (Å²) in [6.07, 6.45) is 8.63. The summed E-state index contributed by atoms with van der Waals surface area (Å²) in [5, 5.41) is 0. The van der Waals surface area contributed by atoms with Crippen molar-refractivity contribution in [3.63, 3.8) is 0 Å². The number of hydrogen-bond acceptors (Lipinski definition) is 4. The minimum Gasteiger partial charge on any atom is -0.398 e. The third-order valence-corrected chi connectivity index (χ3v) is 4.86. The highest BCUT2D eigenvalue weighted by Crippen LogP contribution is 2.23. The first-order chi connectivity index (χ1) is 8.59. The lowest BCUT2D eigenvalue weighted by molar-refractivity contribution is 0.357. The number of sulfonamides is 1. The Morgan fingerprint density at radius 3 is 2.72 bits per heavy atom. The number of pyridine rings is 1. The van der Waals surface area contributed by atoms with Crippen LogP contribution < -0.4 is 10.5 Å². The maximum atomic E-state index is 12.1. The van der Waals surface area contributed by atoms with Crippen LogP contribution in [0.15, 0.2) is 23.4 Å². The van der Waals surface area contributed by atoms with Crippen LogP contribution in [0.1, 0.15) is 32.1 Å². The molecule has 0 bridgehead atoms. The van der Waals surface area contributed by atoms with Crippen molar-refractivity contribution in [3.8, 4) is 0 Å². The Morgan fingerprint density at radius 2 is 2.06 bits per heavy atom. The molecule has 1 saturated carbocycles. The average Bonchev–Trinajstić information content (AvgIpc) is 2.38. The van der Waals surface area contributed by atoms with E-state index < -0.39 is 10.0 Å². The molecule has 1 aliphatic carbocycles. The summed E-state index contributed by atoms with van der Waals surface area (Å²) in [6.45, 7) is 0.497. The second-order valence-corrected chi connectivity index (χ2v) is 6.50. The van der Waals surface area contributed by atoms with Crippen LogP contribution in [0.5, 0.6) is 0 Å². The maximum Gasteiger partial charge on any atom is 0.244 e. The van der Waals surface area contributed by atoms with Crippen LogP contribution in [-0.4, -0.2) is 19.9 Å². The summed E-state index contributed by atoms with van der Waals surface area (Å²) in [4.78, 5) is 3.88. The number of nitrogen functional groups attached to an aromatic ring is 1. The number of rotatable bonds is 4. The molecule has 2 rings (SSSR count). The van der Waals surface area contributed by atoms with Crippen molar-refractivity contribution in [2.75, 3.05) is 12.3 Å². The molecule has 3 N–H and O–H groups in total. The van der Waals surface area contributed by atoms with E-state index in [1.807, 2.05) is 0 Å². The van der Waals surface area contributed by atoms with Gasteiger partial charge in [-0.05, 0) is 24.8 Å². The van der Waals surface area contributed by atoms with Crippen LogP contribution in [0.4, 0.5) is 5.69 Å². The lowest BCUT2D eigenvalue weighted by atomic mass is 9.90. The van der Waals surface area contributed by atoms with Crippen LogP contribution in [0.3, 0.4) is 0 Å². The fraction of sp³-hybridized carbons (Fsp3) is 0.583. The fourth-order valence-electron chi connectivity index (χ4n) is 2.31. The average molecular weight is 269 g/mol. The van der Waals surface area contributed by atoms with Crippen LogP contribution in [0.25, 0.3) is 0 Å². The summed E-state index contributed by atoms with van der Waals surface area (Å²) in [5.41, 5.74) is 5.89. The Morgan fingerprint density at radius 1 is 1.33 bits per heavy atom. The molecule has 0 saturated heterocycles. The minimum absolute atomic E-state index is 0.0702. The summed E-state index contributed by atoms with van der Waals surface area (Å²) in [7, 11) is -3.53. The minimum atomic E-state index is -3.53. The third-order valence-electron chi connectivity index (χ3n) is 3.39. The Kier molecular flexibility index (Phi) is 4.19. The molecule has 1 fully saturated rings. The SMILES string of the molecule is Nc1ccncc1S(=O)(=O)NCC1CCCCC1. The van der Waals surface area contributed by atoms with Crippen molar-refractivity contribution < 1.29 is 8.42 Å². The number of nitrogens with zero attached hydrogens (tertiary/aromatic N) is 1. The summed E-state index contributed by atoms with van der Waals surface area (Å²) in [6, 6.07) is 1.50. The molecule has 0 spiro atoms. The number of hydrogen-bond donors (Lipinski definition) is 2. The molecule has 1 aromatic rings. The van der Waals surface area contributed by atoms with E-state index in [9.17, 15) is 8.42 Å². The Balaban J connectivity index is 2.01. The normalized spacial score (nSPS) is 17.8. The molecule has 0 amide bonds. The van der Waals surface area contributed by atoms with Gasteiger partial charge in [-0.1, -0.05) is 19.3 Å². The molecule has 1 aliphatic rings. The monoisotopic (exact) mass is 269 g/mol. The zero-order valence-corrected chi connectivity index (χ0v) is 11.1. The van der Waals surface area contributed by atoms with Gasteiger partial charge in [-0.25, -0.2) is 13.1 Å². The second-order valence-electron chi connectivity index (χ2n) is 4.77. The number of aromatic nitrogens is 1. The van der Waals surface area contributed by atoms with Crippen LogP contribution in [0, 0.1) is 5.92 Å². The van der Waals surface area contributed by atoms with Gasteiger partial charge in [-0.3, -0.25) is 4.98 Å². The van der Waals surface area contributed by atoms with Crippen LogP contribution in [-0.2, 0) is 10.0 Å². The van der Waals surface area contributed by atoms with Crippen molar-refractivity contribution in [1.82, 2.24) is 9.71 Å². The molecule has 6 heteroatoms. The van der Waals surface area contributed by atoms with Gasteiger partial charge in [0.15, 0.2) is 0 Å². The van der Waals surface area contributed by atoms with E-state index in [2.05, 4.69) is 9.71 Å². The Bertz CT molecular complexity index is 496. The van der Waals surface area contributed by atoms with Gasteiger partial charge in [0.25, 0.3) is 0 Å². The standard InChI is InChI=1S/C12H19N3O2S/c13-11-6-7-14-9-12(11)18(16,17)15-8-10-4-2-1-3-5-10/h6-7,9-10,15H,1-5,8H2,(H2,13,14). The first kappa shape index (κ1) is 13.3. The zero-order chi connectivity index (χ0) is 13.0. The maximum absolute atomic E-state index is 12.1.